The second-order valence-electron chi connectivity index (χ2n) is 6.27. The first-order valence-corrected chi connectivity index (χ1v) is 8.37. The molecule has 1 fully saturated rings. The fraction of sp³-hybridized carbons (Fsp3) is 0.588. The van der Waals surface area contributed by atoms with Crippen LogP contribution in [0.4, 0.5) is 18.9 Å². The molecule has 3 N–H and O–H groups in total. The molecule has 0 saturated carbocycles. The number of alkyl halides is 3. The average molecular weight is 358 g/mol. The molecule has 1 saturated heterocycles. The van der Waals surface area contributed by atoms with Gasteiger partial charge in [0.05, 0.1) is 6.54 Å². The van der Waals surface area contributed by atoms with Crippen LogP contribution in [-0.4, -0.2) is 62.3 Å². The Morgan fingerprint density at radius 3 is 2.40 bits per heavy atom. The molecular formula is C17H25F3N4O. The van der Waals surface area contributed by atoms with Gasteiger partial charge in [-0.2, -0.15) is 13.2 Å². The lowest BCUT2D eigenvalue weighted by molar-refractivity contribution is -0.183. The molecule has 1 heterocycles. The highest BCUT2D eigenvalue weighted by molar-refractivity contribution is 5.81. The molecule has 1 unspecified atom stereocenters. The maximum atomic E-state index is 13.3. The third kappa shape index (κ3) is 5.61. The summed E-state index contributed by atoms with van der Waals surface area (Å²) in [5, 5.41) is 8.45. The van der Waals surface area contributed by atoms with E-state index in [9.17, 15) is 18.0 Å². The zero-order valence-electron chi connectivity index (χ0n) is 14.5. The van der Waals surface area contributed by atoms with E-state index in [1.165, 1.54) is 4.90 Å². The SMILES string of the molecule is Cc1cccc(C)c1NCC(=O)NCC(N1CCNCC1)C(F)(F)F. The van der Waals surface area contributed by atoms with Gasteiger partial charge in [0, 0.05) is 38.4 Å². The van der Waals surface area contributed by atoms with Crippen molar-refractivity contribution in [3.63, 3.8) is 0 Å². The van der Waals surface area contributed by atoms with E-state index in [0.717, 1.165) is 16.8 Å². The van der Waals surface area contributed by atoms with Gasteiger partial charge >= 0.3 is 6.18 Å². The van der Waals surface area contributed by atoms with Gasteiger partial charge in [-0.25, -0.2) is 0 Å². The minimum Gasteiger partial charge on any atom is -0.376 e. The van der Waals surface area contributed by atoms with E-state index in [0.29, 0.717) is 26.2 Å². The molecule has 0 aromatic heterocycles. The van der Waals surface area contributed by atoms with Gasteiger partial charge in [-0.1, -0.05) is 18.2 Å². The number of para-hydroxylation sites is 1. The molecule has 8 heteroatoms. The number of hydrogen-bond acceptors (Lipinski definition) is 4. The Morgan fingerprint density at radius 2 is 1.84 bits per heavy atom. The van der Waals surface area contributed by atoms with Gasteiger partial charge in [0.2, 0.25) is 5.91 Å². The number of nitrogens with zero attached hydrogens (tertiary/aromatic N) is 1. The van der Waals surface area contributed by atoms with Crippen molar-refractivity contribution >= 4 is 11.6 Å². The summed E-state index contributed by atoms with van der Waals surface area (Å²) in [5.41, 5.74) is 2.82. The quantitative estimate of drug-likeness (QED) is 0.724. The number of anilines is 1. The van der Waals surface area contributed by atoms with Crippen LogP contribution in [0.15, 0.2) is 18.2 Å². The van der Waals surface area contributed by atoms with Crippen molar-refractivity contribution < 1.29 is 18.0 Å². The number of aryl methyl sites for hydroxylation is 2. The molecule has 1 aliphatic heterocycles. The number of benzene rings is 1. The fourth-order valence-electron chi connectivity index (χ4n) is 2.98. The van der Waals surface area contributed by atoms with Crippen molar-refractivity contribution in [2.75, 3.05) is 44.6 Å². The first-order chi connectivity index (χ1) is 11.8. The number of carbonyl (C=O) groups excluding carboxylic acids is 1. The molecule has 0 aliphatic carbocycles. The van der Waals surface area contributed by atoms with Gasteiger partial charge in [-0.05, 0) is 25.0 Å². The molecule has 1 aromatic rings. The van der Waals surface area contributed by atoms with Crippen LogP contribution in [0.1, 0.15) is 11.1 Å². The number of piperazine rings is 1. The van der Waals surface area contributed by atoms with Gasteiger partial charge in [-0.15, -0.1) is 0 Å². The zero-order chi connectivity index (χ0) is 18.4. The van der Waals surface area contributed by atoms with Crippen LogP contribution in [0.3, 0.4) is 0 Å². The highest BCUT2D eigenvalue weighted by atomic mass is 19.4. The van der Waals surface area contributed by atoms with Gasteiger partial charge in [0.1, 0.15) is 6.04 Å². The molecule has 0 spiro atoms. The molecule has 0 radical (unpaired) electrons. The summed E-state index contributed by atoms with van der Waals surface area (Å²) in [7, 11) is 0. The molecule has 5 nitrogen and oxygen atoms in total. The van der Waals surface area contributed by atoms with Crippen LogP contribution in [0.2, 0.25) is 0 Å². The maximum Gasteiger partial charge on any atom is 0.405 e. The summed E-state index contributed by atoms with van der Waals surface area (Å²) < 4.78 is 39.8. The van der Waals surface area contributed by atoms with Crippen LogP contribution >= 0.6 is 0 Å². The summed E-state index contributed by atoms with van der Waals surface area (Å²) in [6, 6.07) is 4.09. The van der Waals surface area contributed by atoms with E-state index in [4.69, 9.17) is 0 Å². The van der Waals surface area contributed by atoms with E-state index in [-0.39, 0.29) is 6.54 Å². The molecule has 0 bridgehead atoms. The van der Waals surface area contributed by atoms with Crippen molar-refractivity contribution in [1.82, 2.24) is 15.5 Å². The second-order valence-corrected chi connectivity index (χ2v) is 6.27. The fourth-order valence-corrected chi connectivity index (χ4v) is 2.98. The summed E-state index contributed by atoms with van der Waals surface area (Å²) in [6.07, 6.45) is -4.37. The minimum absolute atomic E-state index is 0.0577. The van der Waals surface area contributed by atoms with Crippen molar-refractivity contribution in [1.29, 1.82) is 0 Å². The molecule has 1 amide bonds. The van der Waals surface area contributed by atoms with Crippen molar-refractivity contribution in [3.8, 4) is 0 Å². The van der Waals surface area contributed by atoms with Crippen LogP contribution in [0.25, 0.3) is 0 Å². The third-order valence-electron chi connectivity index (χ3n) is 4.37. The number of amides is 1. The minimum atomic E-state index is -4.37. The van der Waals surface area contributed by atoms with Crippen LogP contribution in [0.5, 0.6) is 0 Å². The molecule has 140 valence electrons. The number of carbonyl (C=O) groups is 1. The summed E-state index contributed by atoms with van der Waals surface area (Å²) in [5.74, 6) is -0.452. The topological polar surface area (TPSA) is 56.4 Å². The van der Waals surface area contributed by atoms with Crippen LogP contribution < -0.4 is 16.0 Å². The Balaban J connectivity index is 1.88. The Labute approximate surface area is 146 Å². The van der Waals surface area contributed by atoms with Crippen molar-refractivity contribution in [3.05, 3.63) is 29.3 Å². The molecular weight excluding hydrogens is 333 g/mol. The number of nitrogens with one attached hydrogen (secondary N) is 3. The summed E-state index contributed by atoms with van der Waals surface area (Å²) >= 11 is 0. The number of hydrogen-bond donors (Lipinski definition) is 3. The number of rotatable bonds is 6. The largest absolute Gasteiger partial charge is 0.405 e. The molecule has 1 atom stereocenters. The monoisotopic (exact) mass is 358 g/mol. The number of halogens is 3. The lowest BCUT2D eigenvalue weighted by Gasteiger charge is -2.35. The first kappa shape index (κ1) is 19.5. The van der Waals surface area contributed by atoms with E-state index >= 15 is 0 Å². The van der Waals surface area contributed by atoms with E-state index in [2.05, 4.69) is 16.0 Å². The predicted molar refractivity (Wildman–Crippen MR) is 91.7 cm³/mol. The van der Waals surface area contributed by atoms with Gasteiger partial charge < -0.3 is 16.0 Å². The second kappa shape index (κ2) is 8.53. The Bertz CT molecular complexity index is 565. The van der Waals surface area contributed by atoms with Crippen molar-refractivity contribution in [2.45, 2.75) is 26.1 Å². The highest BCUT2D eigenvalue weighted by Gasteiger charge is 2.43. The normalized spacial score (nSPS) is 17.2. The van der Waals surface area contributed by atoms with Gasteiger partial charge in [0.25, 0.3) is 0 Å². The molecule has 25 heavy (non-hydrogen) atoms. The van der Waals surface area contributed by atoms with E-state index < -0.39 is 24.7 Å². The summed E-state index contributed by atoms with van der Waals surface area (Å²) in [4.78, 5) is 13.4. The molecule has 1 aliphatic rings. The van der Waals surface area contributed by atoms with Gasteiger partial charge in [0.15, 0.2) is 0 Å². The lowest BCUT2D eigenvalue weighted by atomic mass is 10.1. The summed E-state index contributed by atoms with van der Waals surface area (Å²) in [6.45, 7) is 5.02. The molecule has 2 rings (SSSR count). The van der Waals surface area contributed by atoms with E-state index in [1.807, 2.05) is 32.0 Å². The Hall–Kier alpha value is -1.80. The van der Waals surface area contributed by atoms with Crippen molar-refractivity contribution in [2.24, 2.45) is 0 Å². The van der Waals surface area contributed by atoms with Gasteiger partial charge in [-0.3, -0.25) is 9.69 Å². The van der Waals surface area contributed by atoms with E-state index in [1.54, 1.807) is 0 Å². The zero-order valence-corrected chi connectivity index (χ0v) is 14.5. The predicted octanol–water partition coefficient (Wildman–Crippen LogP) is 1.67. The smallest absolute Gasteiger partial charge is 0.376 e. The lowest BCUT2D eigenvalue weighted by Crippen LogP contribution is -2.57. The van der Waals surface area contributed by atoms with Crippen LogP contribution in [-0.2, 0) is 4.79 Å². The standard InChI is InChI=1S/C17H25F3N4O/c1-12-4-3-5-13(2)16(12)23-11-15(25)22-10-14(17(18,19)20)24-8-6-21-7-9-24/h3-5,14,21,23H,6-11H2,1-2H3,(H,22,25). The maximum absolute atomic E-state index is 13.3. The third-order valence-corrected chi connectivity index (χ3v) is 4.37. The van der Waals surface area contributed by atoms with Crippen LogP contribution in [0, 0.1) is 13.8 Å². The molecule has 1 aromatic carbocycles. The highest BCUT2D eigenvalue weighted by Crippen LogP contribution is 2.24. The first-order valence-electron chi connectivity index (χ1n) is 8.37. The Kier molecular flexibility index (Phi) is 6.66. The Morgan fingerprint density at radius 1 is 1.24 bits per heavy atom. The average Bonchev–Trinajstić information content (AvgIpc) is 2.54.